The van der Waals surface area contributed by atoms with Gasteiger partial charge in [0.15, 0.2) is 0 Å². The smallest absolute Gasteiger partial charge is 0.256 e. The number of amides is 3. The van der Waals surface area contributed by atoms with E-state index in [1.165, 1.54) is 11.1 Å². The maximum Gasteiger partial charge on any atom is 0.256 e. The lowest BCUT2D eigenvalue weighted by Crippen LogP contribution is -2.47. The Labute approximate surface area is 258 Å². The molecule has 0 saturated heterocycles. The average Bonchev–Trinajstić information content (AvgIpc) is 3.36. The van der Waals surface area contributed by atoms with Crippen LogP contribution >= 0.6 is 24.8 Å². The molecule has 0 spiro atoms. The number of hydrazine groups is 1. The van der Waals surface area contributed by atoms with Crippen molar-refractivity contribution in [1.82, 2.24) is 20.7 Å². The zero-order chi connectivity index (χ0) is 28.8. The van der Waals surface area contributed by atoms with Crippen LogP contribution in [0.4, 0.5) is 20.2 Å². The van der Waals surface area contributed by atoms with E-state index in [0.29, 0.717) is 49.5 Å². The molecule has 2 aromatic rings. The van der Waals surface area contributed by atoms with Crippen molar-refractivity contribution in [2.24, 2.45) is 0 Å². The van der Waals surface area contributed by atoms with Gasteiger partial charge in [0.25, 0.3) is 12.3 Å². The minimum Gasteiger partial charge on any atom is -0.315 e. The van der Waals surface area contributed by atoms with Gasteiger partial charge in [-0.25, -0.2) is 13.8 Å². The Morgan fingerprint density at radius 1 is 0.976 bits per heavy atom. The van der Waals surface area contributed by atoms with Gasteiger partial charge in [0, 0.05) is 51.0 Å². The maximum atomic E-state index is 13.4. The number of hydrogen-bond acceptors (Lipinski definition) is 6. The zero-order valence-corrected chi connectivity index (χ0v) is 25.8. The van der Waals surface area contributed by atoms with Crippen molar-refractivity contribution in [1.29, 1.82) is 0 Å². The summed E-state index contributed by atoms with van der Waals surface area (Å²) in [5.41, 5.74) is 5.02. The minimum atomic E-state index is -2.64. The second-order valence-corrected chi connectivity index (χ2v) is 10.2. The number of likely N-dealkylation sites (N-methyl/N-ethyl adjacent to an activating group) is 2. The number of benzene rings is 2. The van der Waals surface area contributed by atoms with Gasteiger partial charge in [-0.15, -0.1) is 24.8 Å². The molecule has 0 bridgehead atoms. The fraction of sp³-hybridized carbons (Fsp3) is 0.483. The number of rotatable bonds is 12. The molecular formula is C29H40Cl2F2N6O3. The van der Waals surface area contributed by atoms with E-state index in [-0.39, 0.29) is 62.0 Å². The molecule has 0 aromatic heterocycles. The highest BCUT2D eigenvalue weighted by Crippen LogP contribution is 2.35. The largest absolute Gasteiger partial charge is 0.315 e. The van der Waals surface area contributed by atoms with Crippen molar-refractivity contribution in [3.63, 3.8) is 0 Å². The van der Waals surface area contributed by atoms with Gasteiger partial charge in [-0.05, 0) is 54.3 Å². The van der Waals surface area contributed by atoms with Crippen LogP contribution in [-0.4, -0.2) is 80.5 Å². The molecule has 0 aliphatic carbocycles. The summed E-state index contributed by atoms with van der Waals surface area (Å²) < 4.78 is 26.3. The highest BCUT2D eigenvalue weighted by atomic mass is 35.5. The van der Waals surface area contributed by atoms with Crippen LogP contribution in [-0.2, 0) is 33.9 Å². The topological polar surface area (TPSA) is 88.2 Å². The third-order valence-electron chi connectivity index (χ3n) is 7.43. The molecule has 0 atom stereocenters. The number of nitrogens with zero attached hydrogens (tertiary/aromatic N) is 4. The van der Waals surface area contributed by atoms with Crippen LogP contribution in [0.5, 0.6) is 0 Å². The fourth-order valence-electron chi connectivity index (χ4n) is 5.23. The first kappa shape index (κ1) is 35.4. The fourth-order valence-corrected chi connectivity index (χ4v) is 5.23. The molecule has 2 heterocycles. The molecule has 13 heteroatoms. The third kappa shape index (κ3) is 8.38. The molecule has 0 radical (unpaired) electrons. The summed E-state index contributed by atoms with van der Waals surface area (Å²) in [6, 6.07) is 11.7. The van der Waals surface area contributed by atoms with Crippen LogP contribution in [0.15, 0.2) is 36.4 Å². The van der Waals surface area contributed by atoms with Gasteiger partial charge in [-0.2, -0.15) is 0 Å². The number of fused-ring (bicyclic) bond motifs is 2. The molecule has 0 saturated carbocycles. The van der Waals surface area contributed by atoms with Gasteiger partial charge < -0.3 is 15.1 Å². The number of hydrogen-bond donors (Lipinski definition) is 2. The molecule has 0 unspecified atom stereocenters. The van der Waals surface area contributed by atoms with E-state index in [1.807, 2.05) is 37.1 Å². The summed E-state index contributed by atoms with van der Waals surface area (Å²) in [5.74, 6) is -0.675. The first-order valence-electron chi connectivity index (χ1n) is 13.7. The number of halogens is 4. The molecule has 42 heavy (non-hydrogen) atoms. The van der Waals surface area contributed by atoms with E-state index in [0.717, 1.165) is 17.0 Å². The number of aryl methyl sites for hydroxylation is 2. The molecule has 3 amide bonds. The van der Waals surface area contributed by atoms with Gasteiger partial charge >= 0.3 is 0 Å². The van der Waals surface area contributed by atoms with E-state index in [1.54, 1.807) is 23.0 Å². The Kier molecular flexibility index (Phi) is 13.6. The molecule has 2 aliphatic heterocycles. The van der Waals surface area contributed by atoms with Crippen molar-refractivity contribution in [3.8, 4) is 0 Å². The van der Waals surface area contributed by atoms with Crippen LogP contribution in [0.2, 0.25) is 0 Å². The van der Waals surface area contributed by atoms with Gasteiger partial charge in [0.2, 0.25) is 11.8 Å². The molecule has 2 N–H and O–H groups in total. The molecule has 0 fully saturated rings. The van der Waals surface area contributed by atoms with Crippen molar-refractivity contribution in [2.75, 3.05) is 56.1 Å². The monoisotopic (exact) mass is 628 g/mol. The van der Waals surface area contributed by atoms with Crippen LogP contribution in [0.1, 0.15) is 35.6 Å². The van der Waals surface area contributed by atoms with Crippen molar-refractivity contribution < 1.29 is 23.2 Å². The molecule has 232 valence electrons. The first-order chi connectivity index (χ1) is 19.2. The zero-order valence-electron chi connectivity index (χ0n) is 24.2. The third-order valence-corrected chi connectivity index (χ3v) is 7.43. The summed E-state index contributed by atoms with van der Waals surface area (Å²) in [6.45, 7) is 6.12. The predicted octanol–water partition coefficient (Wildman–Crippen LogP) is 3.30. The number of carbonyl (C=O) groups excluding carboxylic acids is 3. The Bertz CT molecular complexity index is 1230. The highest BCUT2D eigenvalue weighted by Gasteiger charge is 2.29. The Morgan fingerprint density at radius 3 is 2.24 bits per heavy atom. The Morgan fingerprint density at radius 2 is 1.62 bits per heavy atom. The second kappa shape index (κ2) is 16.1. The molecular weight excluding hydrogens is 589 g/mol. The summed E-state index contributed by atoms with van der Waals surface area (Å²) in [5, 5.41) is 9.80. The lowest BCUT2D eigenvalue weighted by atomic mass is 9.97. The summed E-state index contributed by atoms with van der Waals surface area (Å²) in [4.78, 5) is 41.4. The lowest BCUT2D eigenvalue weighted by molar-refractivity contribution is -0.145. The van der Waals surface area contributed by atoms with Gasteiger partial charge in [-0.3, -0.25) is 24.7 Å². The van der Waals surface area contributed by atoms with Crippen LogP contribution in [0.3, 0.4) is 0 Å². The van der Waals surface area contributed by atoms with Crippen molar-refractivity contribution in [2.45, 2.75) is 46.2 Å². The summed E-state index contributed by atoms with van der Waals surface area (Å²) in [6.07, 6.45) is -2.07. The molecule has 9 nitrogen and oxygen atoms in total. The molecule has 2 aromatic carbocycles. The van der Waals surface area contributed by atoms with Gasteiger partial charge in [0.05, 0.1) is 19.6 Å². The van der Waals surface area contributed by atoms with E-state index in [9.17, 15) is 23.2 Å². The SMILES string of the molecule is CCNCCN(C(=O)CNCC(=O)N(C)N1Cc2ccccc2C1)c1cc2c(cc1C)N(CC(F)F)C(=O)CC2.Cl.Cl. The minimum absolute atomic E-state index is 0. The Balaban J connectivity index is 0.00000308. The maximum absolute atomic E-state index is 13.4. The number of nitrogens with one attached hydrogen (secondary N) is 2. The van der Waals surface area contributed by atoms with Gasteiger partial charge in [0.1, 0.15) is 0 Å². The Hall–Kier alpha value is -2.83. The van der Waals surface area contributed by atoms with E-state index < -0.39 is 13.0 Å². The van der Waals surface area contributed by atoms with E-state index >= 15 is 0 Å². The number of carbonyl (C=O) groups is 3. The van der Waals surface area contributed by atoms with Crippen molar-refractivity contribution in [3.05, 3.63) is 58.7 Å². The number of anilines is 2. The second-order valence-electron chi connectivity index (χ2n) is 10.2. The molecule has 4 rings (SSSR count). The van der Waals surface area contributed by atoms with Crippen LogP contribution in [0.25, 0.3) is 0 Å². The predicted molar refractivity (Wildman–Crippen MR) is 165 cm³/mol. The van der Waals surface area contributed by atoms with Gasteiger partial charge in [-0.1, -0.05) is 31.2 Å². The van der Waals surface area contributed by atoms with Crippen molar-refractivity contribution >= 4 is 53.9 Å². The summed E-state index contributed by atoms with van der Waals surface area (Å²) >= 11 is 0. The molecule has 2 aliphatic rings. The van der Waals surface area contributed by atoms with Crippen LogP contribution in [0, 0.1) is 6.92 Å². The standard InChI is InChI=1S/C29H38F2N6O3.2ClH/c1-4-32-11-12-36(24-14-21-9-10-27(38)37(19-26(30)31)25(21)13-20(24)2)29(40)16-33-15-28(39)34(3)35-17-22-7-5-6-8-23(22)18-35;;/h5-8,13-14,26,32-33H,4,9-12,15-19H2,1-3H3;2*1H. The summed E-state index contributed by atoms with van der Waals surface area (Å²) in [7, 11) is 1.74. The highest BCUT2D eigenvalue weighted by molar-refractivity contribution is 5.99. The average molecular weight is 630 g/mol. The first-order valence-corrected chi connectivity index (χ1v) is 13.7. The van der Waals surface area contributed by atoms with Crippen LogP contribution < -0.4 is 20.4 Å². The normalized spacial score (nSPS) is 14.1. The van der Waals surface area contributed by atoms with E-state index in [2.05, 4.69) is 22.8 Å². The quantitative estimate of drug-likeness (QED) is 0.351. The number of alkyl halides is 2. The van der Waals surface area contributed by atoms with E-state index in [4.69, 9.17) is 0 Å². The lowest BCUT2D eigenvalue weighted by Gasteiger charge is -2.32.